The molecule has 2 aliphatic rings. The first kappa shape index (κ1) is 18.1. The molecule has 1 aliphatic carbocycles. The van der Waals surface area contributed by atoms with Crippen molar-refractivity contribution in [1.29, 1.82) is 0 Å². The van der Waals surface area contributed by atoms with Gasteiger partial charge in [0.2, 0.25) is 11.7 Å². The highest BCUT2D eigenvalue weighted by molar-refractivity contribution is 5.80. The molecule has 1 spiro atoms. The molecule has 27 heavy (non-hydrogen) atoms. The van der Waals surface area contributed by atoms with Crippen molar-refractivity contribution >= 4 is 5.91 Å². The monoisotopic (exact) mass is 369 g/mol. The summed E-state index contributed by atoms with van der Waals surface area (Å²) in [4.78, 5) is 16.8. The average molecular weight is 369 g/mol. The maximum atomic E-state index is 13.4. The molecule has 1 saturated carbocycles. The molecule has 1 saturated heterocycles. The van der Waals surface area contributed by atoms with Crippen molar-refractivity contribution in [2.75, 3.05) is 19.7 Å². The Labute approximate surface area is 159 Å². The van der Waals surface area contributed by atoms with E-state index in [0.717, 1.165) is 18.4 Å². The largest absolute Gasteiger partial charge is 0.371 e. The van der Waals surface area contributed by atoms with Crippen LogP contribution < -0.4 is 0 Å². The van der Waals surface area contributed by atoms with E-state index in [1.165, 1.54) is 17.6 Å². The van der Waals surface area contributed by atoms with Crippen LogP contribution in [0.2, 0.25) is 0 Å². The van der Waals surface area contributed by atoms with Gasteiger partial charge in [0, 0.05) is 18.7 Å². The van der Waals surface area contributed by atoms with Gasteiger partial charge < -0.3 is 9.64 Å². The van der Waals surface area contributed by atoms with Crippen molar-refractivity contribution in [3.8, 4) is 11.4 Å². The number of nitrogens with zero attached hydrogens (tertiary/aromatic N) is 5. The fourth-order valence-electron chi connectivity index (χ4n) is 4.24. The van der Waals surface area contributed by atoms with Crippen LogP contribution in [0.1, 0.15) is 45.6 Å². The van der Waals surface area contributed by atoms with Crippen LogP contribution >= 0.6 is 0 Å². The predicted octanol–water partition coefficient (Wildman–Crippen LogP) is 2.71. The summed E-state index contributed by atoms with van der Waals surface area (Å²) in [6, 6.07) is 9.27. The molecule has 1 atom stereocenters. The van der Waals surface area contributed by atoms with Gasteiger partial charge in [-0.2, -0.15) is 4.80 Å². The molecule has 1 aliphatic heterocycles. The first-order chi connectivity index (χ1) is 13.1. The number of morpholine rings is 1. The second-order valence-electron chi connectivity index (χ2n) is 7.99. The lowest BCUT2D eigenvalue weighted by molar-refractivity contribution is -0.154. The molecule has 1 amide bonds. The minimum atomic E-state index is -0.452. The summed E-state index contributed by atoms with van der Waals surface area (Å²) in [5.41, 5.74) is 0.760. The van der Waals surface area contributed by atoms with Gasteiger partial charge in [-0.1, -0.05) is 57.0 Å². The number of ether oxygens (including phenoxy) is 1. The highest BCUT2D eigenvalue weighted by Crippen LogP contribution is 2.36. The number of tetrazole rings is 1. The fourth-order valence-corrected chi connectivity index (χ4v) is 4.24. The summed E-state index contributed by atoms with van der Waals surface area (Å²) >= 11 is 0. The minimum Gasteiger partial charge on any atom is -0.371 e. The summed E-state index contributed by atoms with van der Waals surface area (Å²) in [5.74, 6) is 0.678. The zero-order valence-corrected chi connectivity index (χ0v) is 16.0. The van der Waals surface area contributed by atoms with Crippen LogP contribution in [-0.2, 0) is 9.53 Å². The van der Waals surface area contributed by atoms with Crippen molar-refractivity contribution < 1.29 is 9.53 Å². The van der Waals surface area contributed by atoms with Crippen molar-refractivity contribution in [2.45, 2.75) is 51.2 Å². The Kier molecular flexibility index (Phi) is 4.95. The first-order valence-corrected chi connectivity index (χ1v) is 9.86. The van der Waals surface area contributed by atoms with Crippen molar-refractivity contribution in [3.63, 3.8) is 0 Å². The number of amides is 1. The SMILES string of the molecule is CC(C)C(C(=O)N1CCOC2(CCCC2)C1)n1nnc(-c2ccccc2)n1. The molecule has 7 heteroatoms. The second-order valence-corrected chi connectivity index (χ2v) is 7.99. The van der Waals surface area contributed by atoms with E-state index in [1.807, 2.05) is 49.1 Å². The van der Waals surface area contributed by atoms with Crippen molar-refractivity contribution in [2.24, 2.45) is 5.92 Å². The summed E-state index contributed by atoms with van der Waals surface area (Å²) in [7, 11) is 0. The Morgan fingerprint density at radius 2 is 1.93 bits per heavy atom. The molecule has 2 aromatic rings. The third kappa shape index (κ3) is 3.60. The van der Waals surface area contributed by atoms with Gasteiger partial charge in [-0.3, -0.25) is 4.79 Å². The Bertz CT molecular complexity index is 783. The van der Waals surface area contributed by atoms with E-state index in [4.69, 9.17) is 4.74 Å². The zero-order valence-electron chi connectivity index (χ0n) is 16.0. The number of hydrogen-bond donors (Lipinski definition) is 0. The molecule has 2 heterocycles. The molecule has 7 nitrogen and oxygen atoms in total. The van der Waals surface area contributed by atoms with E-state index in [2.05, 4.69) is 15.4 Å². The first-order valence-electron chi connectivity index (χ1n) is 9.86. The van der Waals surface area contributed by atoms with E-state index in [-0.39, 0.29) is 17.4 Å². The zero-order chi connectivity index (χ0) is 18.9. The highest BCUT2D eigenvalue weighted by Gasteiger charge is 2.42. The van der Waals surface area contributed by atoms with E-state index >= 15 is 0 Å². The smallest absolute Gasteiger partial charge is 0.249 e. The lowest BCUT2D eigenvalue weighted by atomic mass is 9.97. The highest BCUT2D eigenvalue weighted by atomic mass is 16.5. The molecule has 1 aromatic carbocycles. The predicted molar refractivity (Wildman–Crippen MR) is 101 cm³/mol. The van der Waals surface area contributed by atoms with E-state index in [1.54, 1.807) is 0 Å². The third-order valence-electron chi connectivity index (χ3n) is 5.67. The van der Waals surface area contributed by atoms with Crippen LogP contribution in [0, 0.1) is 5.92 Å². The maximum absolute atomic E-state index is 13.4. The Morgan fingerprint density at radius 1 is 1.19 bits per heavy atom. The molecule has 0 N–H and O–H groups in total. The average Bonchev–Trinajstić information content (AvgIpc) is 3.33. The van der Waals surface area contributed by atoms with Crippen molar-refractivity contribution in [1.82, 2.24) is 25.1 Å². The molecule has 0 radical (unpaired) electrons. The van der Waals surface area contributed by atoms with Crippen molar-refractivity contribution in [3.05, 3.63) is 30.3 Å². The van der Waals surface area contributed by atoms with Crippen LogP contribution in [0.15, 0.2) is 30.3 Å². The second kappa shape index (κ2) is 7.38. The molecule has 2 fully saturated rings. The topological polar surface area (TPSA) is 73.1 Å². The van der Waals surface area contributed by atoms with Crippen LogP contribution in [-0.4, -0.2) is 56.3 Å². The van der Waals surface area contributed by atoms with Gasteiger partial charge in [-0.05, 0) is 24.0 Å². The Morgan fingerprint density at radius 3 is 2.63 bits per heavy atom. The van der Waals surface area contributed by atoms with Crippen LogP contribution in [0.25, 0.3) is 11.4 Å². The molecular weight excluding hydrogens is 342 g/mol. The van der Waals surface area contributed by atoms with Gasteiger partial charge in [0.05, 0.1) is 12.2 Å². The number of hydrogen-bond acceptors (Lipinski definition) is 5. The molecule has 1 unspecified atom stereocenters. The maximum Gasteiger partial charge on any atom is 0.249 e. The number of carbonyl (C=O) groups is 1. The number of aromatic nitrogens is 4. The molecule has 4 rings (SSSR count). The summed E-state index contributed by atoms with van der Waals surface area (Å²) in [6.07, 6.45) is 4.45. The quantitative estimate of drug-likeness (QED) is 0.828. The number of benzene rings is 1. The van der Waals surface area contributed by atoms with Gasteiger partial charge in [0.15, 0.2) is 6.04 Å². The van der Waals surface area contributed by atoms with Gasteiger partial charge in [0.1, 0.15) is 0 Å². The number of rotatable bonds is 4. The van der Waals surface area contributed by atoms with E-state index < -0.39 is 6.04 Å². The molecule has 0 bridgehead atoms. The third-order valence-corrected chi connectivity index (χ3v) is 5.67. The van der Waals surface area contributed by atoms with Gasteiger partial charge in [0.25, 0.3) is 0 Å². The van der Waals surface area contributed by atoms with Gasteiger partial charge >= 0.3 is 0 Å². The van der Waals surface area contributed by atoms with Gasteiger partial charge in [-0.15, -0.1) is 10.2 Å². The standard InChI is InChI=1S/C20H27N5O2/c1-15(2)17(25-22-18(21-23-25)16-8-4-3-5-9-16)19(26)24-12-13-27-20(14-24)10-6-7-11-20/h3-5,8-9,15,17H,6-7,10-14H2,1-2H3. The Hall–Kier alpha value is -2.28. The lowest BCUT2D eigenvalue weighted by Crippen LogP contribution is -2.54. The minimum absolute atomic E-state index is 0.0663. The van der Waals surface area contributed by atoms with Crippen LogP contribution in [0.4, 0.5) is 0 Å². The van der Waals surface area contributed by atoms with E-state index in [0.29, 0.717) is 25.5 Å². The Balaban J connectivity index is 1.56. The summed E-state index contributed by atoms with van der Waals surface area (Å²) < 4.78 is 6.07. The number of carbonyl (C=O) groups excluding carboxylic acids is 1. The van der Waals surface area contributed by atoms with Crippen LogP contribution in [0.3, 0.4) is 0 Å². The fraction of sp³-hybridized carbons (Fsp3) is 0.600. The van der Waals surface area contributed by atoms with Crippen LogP contribution in [0.5, 0.6) is 0 Å². The summed E-state index contributed by atoms with van der Waals surface area (Å²) in [5, 5.41) is 12.9. The summed E-state index contributed by atoms with van der Waals surface area (Å²) in [6.45, 7) is 5.97. The molecule has 1 aromatic heterocycles. The van der Waals surface area contributed by atoms with Gasteiger partial charge in [-0.25, -0.2) is 0 Å². The van der Waals surface area contributed by atoms with E-state index in [9.17, 15) is 4.79 Å². The molecule has 144 valence electrons. The normalized spacial score (nSPS) is 20.3. The molecular formula is C20H27N5O2. The lowest BCUT2D eigenvalue weighted by Gasteiger charge is -2.41.